The minimum absolute atomic E-state index is 0. The van der Waals surface area contributed by atoms with Crippen molar-refractivity contribution in [2.75, 3.05) is 32.8 Å². The molecule has 0 aromatic heterocycles. The number of hydrogen-bond donors (Lipinski definition) is 2. The minimum atomic E-state index is -0.229. The van der Waals surface area contributed by atoms with Crippen molar-refractivity contribution in [2.24, 2.45) is 10.7 Å². The summed E-state index contributed by atoms with van der Waals surface area (Å²) >= 11 is 0. The number of rotatable bonds is 5. The number of fused-ring (bicyclic) bond motifs is 1. The van der Waals surface area contributed by atoms with E-state index in [0.717, 1.165) is 38.0 Å². The zero-order chi connectivity index (χ0) is 18.4. The number of halogens is 1. The van der Waals surface area contributed by atoms with Crippen LogP contribution in [0.15, 0.2) is 23.2 Å². The molecule has 150 valence electrons. The van der Waals surface area contributed by atoms with Gasteiger partial charge in [-0.25, -0.2) is 4.79 Å². The molecule has 27 heavy (non-hydrogen) atoms. The number of hydrogen-bond acceptors (Lipinski definition) is 4. The van der Waals surface area contributed by atoms with E-state index in [4.69, 9.17) is 15.2 Å². The van der Waals surface area contributed by atoms with Crippen molar-refractivity contribution in [3.63, 3.8) is 0 Å². The summed E-state index contributed by atoms with van der Waals surface area (Å²) in [6.07, 6.45) is 3.31. The number of ether oxygens (including phenoxy) is 2. The molecule has 0 radical (unpaired) electrons. The summed E-state index contributed by atoms with van der Waals surface area (Å²) in [6, 6.07) is 6.59. The third kappa shape index (κ3) is 6.15. The van der Waals surface area contributed by atoms with Gasteiger partial charge in [-0.1, -0.05) is 12.1 Å². The van der Waals surface area contributed by atoms with Gasteiger partial charge in [0.1, 0.15) is 5.75 Å². The first kappa shape index (κ1) is 21.6. The Morgan fingerprint density at radius 1 is 1.41 bits per heavy atom. The van der Waals surface area contributed by atoms with Crippen LogP contribution in [-0.4, -0.2) is 55.8 Å². The predicted octanol–water partition coefficient (Wildman–Crippen LogP) is 2.31. The van der Waals surface area contributed by atoms with Gasteiger partial charge in [0, 0.05) is 32.1 Å². The first-order valence-corrected chi connectivity index (χ1v) is 9.38. The molecule has 0 aliphatic carbocycles. The fraction of sp³-hybridized carbons (Fsp3) is 0.579. The summed E-state index contributed by atoms with van der Waals surface area (Å²) in [5.41, 5.74) is 8.56. The Hall–Kier alpha value is -1.71. The maximum Gasteiger partial charge on any atom is 0.409 e. The van der Waals surface area contributed by atoms with Gasteiger partial charge in [0.2, 0.25) is 0 Å². The summed E-state index contributed by atoms with van der Waals surface area (Å²) in [5.74, 6) is 1.48. The molecule has 0 saturated carbocycles. The summed E-state index contributed by atoms with van der Waals surface area (Å²) in [4.78, 5) is 17.9. The lowest BCUT2D eigenvalue weighted by Gasteiger charge is -2.31. The van der Waals surface area contributed by atoms with Gasteiger partial charge in [-0.2, -0.15) is 0 Å². The van der Waals surface area contributed by atoms with E-state index >= 15 is 0 Å². The van der Waals surface area contributed by atoms with E-state index < -0.39 is 0 Å². The van der Waals surface area contributed by atoms with Crippen molar-refractivity contribution >= 4 is 36.0 Å². The lowest BCUT2D eigenvalue weighted by atomic mass is 10.1. The van der Waals surface area contributed by atoms with E-state index in [2.05, 4.69) is 22.4 Å². The number of benzene rings is 1. The van der Waals surface area contributed by atoms with Crippen LogP contribution in [0.5, 0.6) is 5.75 Å². The number of guanidine groups is 1. The maximum absolute atomic E-state index is 11.7. The molecule has 1 fully saturated rings. The average Bonchev–Trinajstić information content (AvgIpc) is 3.10. The second kappa shape index (κ2) is 10.6. The lowest BCUT2D eigenvalue weighted by molar-refractivity contribution is 0.0963. The highest BCUT2D eigenvalue weighted by molar-refractivity contribution is 14.0. The molecule has 0 unspecified atom stereocenters. The Morgan fingerprint density at radius 2 is 2.19 bits per heavy atom. The maximum atomic E-state index is 11.7. The molecule has 2 heterocycles. The first-order valence-electron chi connectivity index (χ1n) is 9.38. The van der Waals surface area contributed by atoms with E-state index in [1.807, 2.05) is 13.0 Å². The van der Waals surface area contributed by atoms with Crippen molar-refractivity contribution in [2.45, 2.75) is 38.6 Å². The Kier molecular flexibility index (Phi) is 8.46. The van der Waals surface area contributed by atoms with Crippen LogP contribution in [-0.2, 0) is 17.6 Å². The molecule has 7 nitrogen and oxygen atoms in total. The largest absolute Gasteiger partial charge is 0.493 e. The van der Waals surface area contributed by atoms with E-state index in [-0.39, 0.29) is 36.1 Å². The number of carbonyl (C=O) groups is 1. The second-order valence-electron chi connectivity index (χ2n) is 6.66. The Bertz CT molecular complexity index is 660. The van der Waals surface area contributed by atoms with Crippen LogP contribution < -0.4 is 15.8 Å². The highest BCUT2D eigenvalue weighted by Crippen LogP contribution is 2.25. The normalized spacial score (nSPS) is 16.9. The van der Waals surface area contributed by atoms with Crippen molar-refractivity contribution in [3.05, 3.63) is 29.3 Å². The van der Waals surface area contributed by atoms with Crippen LogP contribution in [0.2, 0.25) is 0 Å². The minimum Gasteiger partial charge on any atom is -0.493 e. The monoisotopic (exact) mass is 488 g/mol. The molecule has 0 bridgehead atoms. The zero-order valence-corrected chi connectivity index (χ0v) is 18.1. The molecule has 1 aromatic rings. The molecule has 0 spiro atoms. The Balaban J connectivity index is 0.00000261. The quantitative estimate of drug-likeness (QED) is 0.377. The third-order valence-corrected chi connectivity index (χ3v) is 4.81. The SMILES string of the molecule is CCOC(=O)N1CCC(NC(N)=NCCc2ccc3c(c2)CCO3)CC1.I. The van der Waals surface area contributed by atoms with Crippen LogP contribution in [0, 0.1) is 0 Å². The van der Waals surface area contributed by atoms with Gasteiger partial charge in [0.15, 0.2) is 5.96 Å². The van der Waals surface area contributed by atoms with Crippen molar-refractivity contribution in [1.29, 1.82) is 0 Å². The summed E-state index contributed by atoms with van der Waals surface area (Å²) in [7, 11) is 0. The van der Waals surface area contributed by atoms with Crippen LogP contribution in [0.3, 0.4) is 0 Å². The molecule has 0 atom stereocenters. The summed E-state index contributed by atoms with van der Waals surface area (Å²) < 4.78 is 10.6. The van der Waals surface area contributed by atoms with Gasteiger partial charge >= 0.3 is 6.09 Å². The molecular formula is C19H29IN4O3. The molecule has 3 N–H and O–H groups in total. The zero-order valence-electron chi connectivity index (χ0n) is 15.8. The smallest absolute Gasteiger partial charge is 0.409 e. The third-order valence-electron chi connectivity index (χ3n) is 4.81. The number of nitrogens with one attached hydrogen (secondary N) is 1. The molecule has 2 aliphatic heterocycles. The highest BCUT2D eigenvalue weighted by atomic mass is 127. The molecule has 1 amide bonds. The van der Waals surface area contributed by atoms with Crippen molar-refractivity contribution in [1.82, 2.24) is 10.2 Å². The molecule has 1 saturated heterocycles. The molecule has 3 rings (SSSR count). The Morgan fingerprint density at radius 3 is 2.93 bits per heavy atom. The van der Waals surface area contributed by atoms with Crippen LogP contribution in [0.25, 0.3) is 0 Å². The van der Waals surface area contributed by atoms with E-state index in [0.29, 0.717) is 32.2 Å². The topological polar surface area (TPSA) is 89.2 Å². The number of amides is 1. The highest BCUT2D eigenvalue weighted by Gasteiger charge is 2.23. The average molecular weight is 488 g/mol. The summed E-state index contributed by atoms with van der Waals surface area (Å²) in [6.45, 7) is 5.03. The van der Waals surface area contributed by atoms with E-state index in [1.165, 1.54) is 11.1 Å². The molecule has 8 heteroatoms. The predicted molar refractivity (Wildman–Crippen MR) is 116 cm³/mol. The van der Waals surface area contributed by atoms with Gasteiger partial charge in [0.05, 0.1) is 13.2 Å². The van der Waals surface area contributed by atoms with Crippen LogP contribution in [0.1, 0.15) is 30.9 Å². The van der Waals surface area contributed by atoms with Gasteiger partial charge in [-0.3, -0.25) is 4.99 Å². The number of carbonyl (C=O) groups excluding carboxylic acids is 1. The molecule has 1 aromatic carbocycles. The second-order valence-corrected chi connectivity index (χ2v) is 6.66. The van der Waals surface area contributed by atoms with Crippen LogP contribution >= 0.6 is 24.0 Å². The van der Waals surface area contributed by atoms with Gasteiger partial charge in [-0.15, -0.1) is 24.0 Å². The number of nitrogens with zero attached hydrogens (tertiary/aromatic N) is 2. The van der Waals surface area contributed by atoms with Gasteiger partial charge < -0.3 is 25.4 Å². The molecule has 2 aliphatic rings. The van der Waals surface area contributed by atoms with E-state index in [1.54, 1.807) is 4.90 Å². The number of aliphatic imine (C=N–C) groups is 1. The summed E-state index contributed by atoms with van der Waals surface area (Å²) in [5, 5.41) is 3.27. The standard InChI is InChI=1S/C19H28N4O3.HI/c1-2-25-19(24)23-10-6-16(7-11-23)22-18(20)21-9-5-14-3-4-17-15(13-14)8-12-26-17;/h3-4,13,16H,2,5-12H2,1H3,(H3,20,21,22);1H. The fourth-order valence-corrected chi connectivity index (χ4v) is 3.38. The van der Waals surface area contributed by atoms with Gasteiger partial charge in [-0.05, 0) is 43.4 Å². The van der Waals surface area contributed by atoms with Crippen LogP contribution in [0.4, 0.5) is 4.79 Å². The lowest BCUT2D eigenvalue weighted by Crippen LogP contribution is -2.48. The fourth-order valence-electron chi connectivity index (χ4n) is 3.38. The van der Waals surface area contributed by atoms with Crippen molar-refractivity contribution < 1.29 is 14.3 Å². The molecular weight excluding hydrogens is 459 g/mol. The Labute approximate surface area is 177 Å². The van der Waals surface area contributed by atoms with Gasteiger partial charge in [0.25, 0.3) is 0 Å². The van der Waals surface area contributed by atoms with Crippen molar-refractivity contribution in [3.8, 4) is 5.75 Å². The van der Waals surface area contributed by atoms with E-state index in [9.17, 15) is 4.79 Å². The number of likely N-dealkylation sites (tertiary alicyclic amines) is 1. The first-order chi connectivity index (χ1) is 12.7. The number of nitrogens with two attached hydrogens (primary N) is 1. The number of piperidine rings is 1.